The first kappa shape index (κ1) is 21.3. The lowest BCUT2D eigenvalue weighted by atomic mass is 9.64. The number of rotatable bonds is 3. The number of aliphatic hydroxyl groups is 1. The van der Waals surface area contributed by atoms with Crippen LogP contribution >= 0.6 is 15.9 Å². The van der Waals surface area contributed by atoms with Gasteiger partial charge in [0.05, 0.1) is 5.92 Å². The molecule has 1 heterocycles. The molecule has 0 spiro atoms. The van der Waals surface area contributed by atoms with E-state index in [1.54, 1.807) is 12.1 Å². The van der Waals surface area contributed by atoms with Crippen molar-refractivity contribution in [3.63, 3.8) is 0 Å². The zero-order chi connectivity index (χ0) is 20.9. The van der Waals surface area contributed by atoms with Gasteiger partial charge < -0.3 is 5.11 Å². The van der Waals surface area contributed by atoms with E-state index in [9.17, 15) is 23.1 Å². The number of hydrogen-bond acceptors (Lipinski definition) is 3. The van der Waals surface area contributed by atoms with E-state index in [0.717, 1.165) is 6.42 Å². The van der Waals surface area contributed by atoms with E-state index in [0.29, 0.717) is 17.3 Å². The Balaban J connectivity index is 2.00. The van der Waals surface area contributed by atoms with E-state index >= 15 is 0 Å². The molecule has 28 heavy (non-hydrogen) atoms. The predicted octanol–water partition coefficient (Wildman–Crippen LogP) is 5.36. The summed E-state index contributed by atoms with van der Waals surface area (Å²) in [6.45, 7) is 6.08. The molecule has 1 fully saturated rings. The van der Waals surface area contributed by atoms with Crippen molar-refractivity contribution in [2.75, 3.05) is 0 Å². The first-order valence-corrected chi connectivity index (χ1v) is 10.2. The summed E-state index contributed by atoms with van der Waals surface area (Å²) in [7, 11) is 0. The second-order valence-corrected chi connectivity index (χ2v) is 9.22. The maximum Gasteiger partial charge on any atom is 0.439 e. The molecule has 1 aromatic rings. The highest BCUT2D eigenvalue weighted by atomic mass is 79.9. The van der Waals surface area contributed by atoms with Gasteiger partial charge in [0.2, 0.25) is 0 Å². The first-order valence-electron chi connectivity index (χ1n) is 9.38. The number of benzene rings is 1. The van der Waals surface area contributed by atoms with Gasteiger partial charge in [0.25, 0.3) is 11.6 Å². The molecule has 1 amide bonds. The lowest BCUT2D eigenvalue weighted by molar-refractivity contribution is -0.314. The fraction of sp³-hybridized carbons (Fsp3) is 0.600. The maximum atomic E-state index is 14.1. The third kappa shape index (κ3) is 3.38. The van der Waals surface area contributed by atoms with Crippen LogP contribution in [0.1, 0.15) is 56.8 Å². The Morgan fingerprint density at radius 2 is 1.93 bits per heavy atom. The van der Waals surface area contributed by atoms with Crippen LogP contribution in [0.25, 0.3) is 0 Å². The number of alkyl halides is 3. The molecule has 0 unspecified atom stereocenters. The van der Waals surface area contributed by atoms with E-state index in [1.807, 2.05) is 20.8 Å². The third-order valence-corrected chi connectivity index (χ3v) is 6.95. The minimum absolute atomic E-state index is 0.0121. The lowest BCUT2D eigenvalue weighted by Crippen LogP contribution is -2.62. The van der Waals surface area contributed by atoms with Crippen LogP contribution in [0.15, 0.2) is 33.8 Å². The van der Waals surface area contributed by atoms with Crippen LogP contribution in [0.4, 0.5) is 13.2 Å². The normalized spacial score (nSPS) is 28.1. The molecular formula is C20H24BrF3N2O2. The van der Waals surface area contributed by atoms with Crippen LogP contribution in [-0.4, -0.2) is 33.6 Å². The van der Waals surface area contributed by atoms with Gasteiger partial charge in [-0.2, -0.15) is 23.3 Å². The minimum atomic E-state index is -5.02. The Morgan fingerprint density at radius 1 is 1.32 bits per heavy atom. The van der Waals surface area contributed by atoms with Gasteiger partial charge in [-0.1, -0.05) is 43.1 Å². The summed E-state index contributed by atoms with van der Waals surface area (Å²) in [5, 5.41) is 15.1. The fourth-order valence-corrected chi connectivity index (χ4v) is 4.40. The Kier molecular flexibility index (Phi) is 5.42. The fourth-order valence-electron chi connectivity index (χ4n) is 4.13. The van der Waals surface area contributed by atoms with Crippen LogP contribution in [-0.2, 0) is 0 Å². The van der Waals surface area contributed by atoms with Crippen molar-refractivity contribution in [2.45, 2.75) is 58.4 Å². The van der Waals surface area contributed by atoms with Gasteiger partial charge in [-0.15, -0.1) is 0 Å². The standard InChI is InChI=1S/C20H24BrF3N2O2/c1-4-18(2,3)13-7-10-16-15(11-13)19(28,20(22,23)24)26(25-16)17(27)12-5-8-14(21)9-6-12/h5-6,8-9,13,15,28H,4,7,10-11H2,1-3H3/t13-,15-,19+/m1/s1. The van der Waals surface area contributed by atoms with Crippen molar-refractivity contribution in [1.82, 2.24) is 5.01 Å². The van der Waals surface area contributed by atoms with Crippen molar-refractivity contribution < 1.29 is 23.1 Å². The van der Waals surface area contributed by atoms with Crippen molar-refractivity contribution in [3.8, 4) is 0 Å². The Morgan fingerprint density at radius 3 is 2.46 bits per heavy atom. The molecule has 3 rings (SSSR count). The average Bonchev–Trinajstić information content (AvgIpc) is 2.95. The van der Waals surface area contributed by atoms with E-state index in [2.05, 4.69) is 21.0 Å². The van der Waals surface area contributed by atoms with Crippen LogP contribution in [0.5, 0.6) is 0 Å². The molecule has 3 atom stereocenters. The molecule has 1 aliphatic heterocycles. The molecule has 8 heteroatoms. The maximum absolute atomic E-state index is 14.1. The largest absolute Gasteiger partial charge is 0.439 e. The first-order chi connectivity index (χ1) is 12.9. The number of amides is 1. The molecule has 1 aromatic carbocycles. The highest BCUT2D eigenvalue weighted by Crippen LogP contribution is 2.52. The third-order valence-electron chi connectivity index (χ3n) is 6.43. The molecule has 1 saturated carbocycles. The number of carbonyl (C=O) groups excluding carboxylic acids is 1. The van der Waals surface area contributed by atoms with Crippen LogP contribution < -0.4 is 0 Å². The van der Waals surface area contributed by atoms with Gasteiger partial charge in [-0.05, 0) is 54.9 Å². The van der Waals surface area contributed by atoms with Crippen LogP contribution in [0, 0.1) is 17.3 Å². The Bertz CT molecular complexity index is 792. The van der Waals surface area contributed by atoms with Crippen LogP contribution in [0.3, 0.4) is 0 Å². The van der Waals surface area contributed by atoms with Crippen molar-refractivity contribution in [2.24, 2.45) is 22.4 Å². The van der Waals surface area contributed by atoms with Gasteiger partial charge in [0.15, 0.2) is 0 Å². The molecule has 0 bridgehead atoms. The van der Waals surface area contributed by atoms with Crippen molar-refractivity contribution in [3.05, 3.63) is 34.3 Å². The second kappa shape index (κ2) is 7.13. The number of halogens is 4. The molecule has 1 aliphatic carbocycles. The molecule has 154 valence electrons. The summed E-state index contributed by atoms with van der Waals surface area (Å²) in [5.74, 6) is -2.19. The quantitative estimate of drug-likeness (QED) is 0.659. The summed E-state index contributed by atoms with van der Waals surface area (Å²) < 4.78 is 43.0. The van der Waals surface area contributed by atoms with E-state index < -0.39 is 23.7 Å². The van der Waals surface area contributed by atoms with Crippen molar-refractivity contribution in [1.29, 1.82) is 0 Å². The smallest absolute Gasteiger partial charge is 0.362 e. The highest BCUT2D eigenvalue weighted by Gasteiger charge is 2.69. The predicted molar refractivity (Wildman–Crippen MR) is 104 cm³/mol. The average molecular weight is 461 g/mol. The van der Waals surface area contributed by atoms with Gasteiger partial charge in [0, 0.05) is 15.7 Å². The number of carbonyl (C=O) groups is 1. The minimum Gasteiger partial charge on any atom is -0.362 e. The number of hydrazone groups is 1. The van der Waals surface area contributed by atoms with Gasteiger partial charge in [-0.3, -0.25) is 4.79 Å². The zero-order valence-corrected chi connectivity index (χ0v) is 17.6. The summed E-state index contributed by atoms with van der Waals surface area (Å²) in [6.07, 6.45) is -3.00. The molecule has 1 N–H and O–H groups in total. The Labute approximate surface area is 170 Å². The molecule has 2 aliphatic rings. The van der Waals surface area contributed by atoms with Gasteiger partial charge in [-0.25, -0.2) is 0 Å². The summed E-state index contributed by atoms with van der Waals surface area (Å²) in [6, 6.07) is 5.95. The molecule has 4 nitrogen and oxygen atoms in total. The van der Waals surface area contributed by atoms with E-state index in [1.165, 1.54) is 12.1 Å². The van der Waals surface area contributed by atoms with E-state index in [4.69, 9.17) is 0 Å². The lowest BCUT2D eigenvalue weighted by Gasteiger charge is -2.43. The molecular weight excluding hydrogens is 437 g/mol. The SMILES string of the molecule is CCC(C)(C)[C@@H]1CCC2=NN(C(=O)c3ccc(Br)cc3)[C@@](O)(C(F)(F)F)[C@@H]2C1. The second-order valence-electron chi connectivity index (χ2n) is 8.31. The van der Waals surface area contributed by atoms with Gasteiger partial charge in [0.1, 0.15) is 0 Å². The summed E-state index contributed by atoms with van der Waals surface area (Å²) in [5.41, 5.74) is -3.18. The summed E-state index contributed by atoms with van der Waals surface area (Å²) in [4.78, 5) is 12.8. The van der Waals surface area contributed by atoms with E-state index in [-0.39, 0.29) is 34.0 Å². The van der Waals surface area contributed by atoms with Crippen molar-refractivity contribution >= 4 is 27.5 Å². The number of nitrogens with zero attached hydrogens (tertiary/aromatic N) is 2. The highest BCUT2D eigenvalue weighted by molar-refractivity contribution is 9.10. The molecule has 0 radical (unpaired) electrons. The number of hydrogen-bond donors (Lipinski definition) is 1. The molecule has 0 saturated heterocycles. The molecule has 0 aromatic heterocycles. The summed E-state index contributed by atoms with van der Waals surface area (Å²) >= 11 is 3.23. The van der Waals surface area contributed by atoms with Gasteiger partial charge >= 0.3 is 6.18 Å². The number of fused-ring (bicyclic) bond motifs is 1. The Hall–Kier alpha value is -1.41. The van der Waals surface area contributed by atoms with Crippen LogP contribution in [0.2, 0.25) is 0 Å². The monoisotopic (exact) mass is 460 g/mol. The zero-order valence-electron chi connectivity index (χ0n) is 16.1. The topological polar surface area (TPSA) is 52.9 Å².